The summed E-state index contributed by atoms with van der Waals surface area (Å²) in [6.07, 6.45) is 0. The average Bonchev–Trinajstić information content (AvgIpc) is 3.92. The van der Waals surface area contributed by atoms with E-state index in [0.29, 0.717) is 17.5 Å². The van der Waals surface area contributed by atoms with Crippen molar-refractivity contribution < 1.29 is 0 Å². The molecule has 0 fully saturated rings. The van der Waals surface area contributed by atoms with Crippen molar-refractivity contribution >= 4 is 59.9 Å². The molecule has 0 aliphatic carbocycles. The number of para-hydroxylation sites is 3. The molecule has 0 amide bonds. The van der Waals surface area contributed by atoms with E-state index in [2.05, 4.69) is 136 Å². The van der Waals surface area contributed by atoms with Crippen LogP contribution in [0.5, 0.6) is 0 Å². The Labute approximate surface area is 321 Å². The summed E-state index contributed by atoms with van der Waals surface area (Å²) >= 11 is 0. The molecule has 0 saturated carbocycles. The fourth-order valence-electron chi connectivity index (χ4n) is 8.91. The van der Waals surface area contributed by atoms with E-state index in [4.69, 9.17) is 15.0 Å². The molecule has 0 spiro atoms. The Hall–Kier alpha value is -7.63. The van der Waals surface area contributed by atoms with Gasteiger partial charge in [-0.1, -0.05) is 152 Å². The number of hydrogen-bond donors (Lipinski definition) is 0. The highest BCUT2D eigenvalue weighted by atomic mass is 15.0. The molecule has 8 aromatic carbocycles. The van der Waals surface area contributed by atoms with E-state index >= 15 is 0 Å². The lowest BCUT2D eigenvalue weighted by molar-refractivity contribution is 1.07. The Morgan fingerprint density at radius 1 is 0.321 bits per heavy atom. The van der Waals surface area contributed by atoms with Crippen LogP contribution in [0.25, 0.3) is 111 Å². The van der Waals surface area contributed by atoms with Gasteiger partial charge < -0.3 is 8.97 Å². The van der Waals surface area contributed by atoms with E-state index in [-0.39, 0.29) is 0 Å². The third-order valence-electron chi connectivity index (χ3n) is 11.3. The van der Waals surface area contributed by atoms with Crippen molar-refractivity contribution in [3.05, 3.63) is 188 Å². The van der Waals surface area contributed by atoms with E-state index in [9.17, 15) is 0 Å². The maximum Gasteiger partial charge on any atom is 0.164 e. The van der Waals surface area contributed by atoms with Crippen molar-refractivity contribution in [3.8, 4) is 51.0 Å². The minimum Gasteiger partial charge on any atom is -0.309 e. The second-order valence-electron chi connectivity index (χ2n) is 14.4. The van der Waals surface area contributed by atoms with Gasteiger partial charge in [0.1, 0.15) is 0 Å². The summed E-state index contributed by atoms with van der Waals surface area (Å²) in [4.78, 5) is 15.1. The largest absolute Gasteiger partial charge is 0.309 e. The van der Waals surface area contributed by atoms with Crippen molar-refractivity contribution in [1.29, 1.82) is 0 Å². The van der Waals surface area contributed by atoms with Gasteiger partial charge in [0.15, 0.2) is 17.5 Å². The number of nitrogens with zero attached hydrogens (tertiary/aromatic N) is 5. The third kappa shape index (κ3) is 4.46. The van der Waals surface area contributed by atoms with Crippen LogP contribution in [-0.4, -0.2) is 23.9 Å². The lowest BCUT2D eigenvalue weighted by Crippen LogP contribution is -2.01. The van der Waals surface area contributed by atoms with Gasteiger partial charge in [-0.15, -0.1) is 0 Å². The van der Waals surface area contributed by atoms with Gasteiger partial charge in [0, 0.05) is 49.0 Å². The molecule has 56 heavy (non-hydrogen) atoms. The van der Waals surface area contributed by atoms with Gasteiger partial charge in [0.2, 0.25) is 0 Å². The quantitative estimate of drug-likeness (QED) is 0.178. The fourth-order valence-corrected chi connectivity index (χ4v) is 8.91. The third-order valence-corrected chi connectivity index (χ3v) is 11.3. The second kappa shape index (κ2) is 11.9. The number of fused-ring (bicyclic) bond motifs is 9. The highest BCUT2D eigenvalue weighted by molar-refractivity contribution is 6.25. The van der Waals surface area contributed by atoms with Gasteiger partial charge in [0.05, 0.1) is 33.3 Å². The first-order chi connectivity index (χ1) is 27.8. The number of aromatic nitrogens is 5. The molecule has 4 aromatic heterocycles. The van der Waals surface area contributed by atoms with Gasteiger partial charge >= 0.3 is 0 Å². The van der Waals surface area contributed by atoms with Gasteiger partial charge in [-0.2, -0.15) is 0 Å². The molecule has 12 rings (SSSR count). The summed E-state index contributed by atoms with van der Waals surface area (Å²) in [5, 5.41) is 7.50. The van der Waals surface area contributed by atoms with Crippen molar-refractivity contribution in [3.63, 3.8) is 0 Å². The molecule has 0 saturated heterocycles. The summed E-state index contributed by atoms with van der Waals surface area (Å²) in [6.45, 7) is 0. The molecule has 260 valence electrons. The molecular formula is C51H31N5. The first-order valence-electron chi connectivity index (χ1n) is 19.0. The Morgan fingerprint density at radius 2 is 0.857 bits per heavy atom. The highest BCUT2D eigenvalue weighted by Gasteiger charge is 2.22. The lowest BCUT2D eigenvalue weighted by atomic mass is 9.97. The maximum absolute atomic E-state index is 5.09. The van der Waals surface area contributed by atoms with E-state index in [0.717, 1.165) is 33.3 Å². The van der Waals surface area contributed by atoms with Crippen molar-refractivity contribution in [2.24, 2.45) is 0 Å². The summed E-state index contributed by atoms with van der Waals surface area (Å²) in [5.41, 5.74) is 12.3. The molecule has 0 bridgehead atoms. The summed E-state index contributed by atoms with van der Waals surface area (Å²) in [5.74, 6) is 1.93. The maximum atomic E-state index is 5.09. The van der Waals surface area contributed by atoms with E-state index < -0.39 is 0 Å². The average molecular weight is 714 g/mol. The number of hydrogen-bond acceptors (Lipinski definition) is 3. The predicted octanol–water partition coefficient (Wildman–Crippen LogP) is 12.8. The first-order valence-corrected chi connectivity index (χ1v) is 19.0. The summed E-state index contributed by atoms with van der Waals surface area (Å²) in [6, 6.07) is 66.6. The summed E-state index contributed by atoms with van der Waals surface area (Å²) < 4.78 is 4.91. The molecule has 0 N–H and O–H groups in total. The SMILES string of the molecule is c1ccc(-c2nc(-c3ccccc3)nc(-c3ccccc3-c3ccc4c(c3)c3ccccc3n4-c3cccc4c3c3cccc5c6ccccc6n4c53)n2)cc1. The molecule has 4 heterocycles. The van der Waals surface area contributed by atoms with Gasteiger partial charge in [-0.25, -0.2) is 15.0 Å². The number of benzene rings is 8. The van der Waals surface area contributed by atoms with Crippen molar-refractivity contribution in [1.82, 2.24) is 23.9 Å². The van der Waals surface area contributed by atoms with Gasteiger partial charge in [-0.05, 0) is 47.5 Å². The fraction of sp³-hybridized carbons (Fsp3) is 0. The Balaban J connectivity index is 1.08. The van der Waals surface area contributed by atoms with Crippen LogP contribution in [0.15, 0.2) is 188 Å². The first kappa shape index (κ1) is 30.8. The smallest absolute Gasteiger partial charge is 0.164 e. The molecule has 0 unspecified atom stereocenters. The van der Waals surface area contributed by atoms with E-state index in [1.807, 2.05) is 60.7 Å². The summed E-state index contributed by atoms with van der Waals surface area (Å²) in [7, 11) is 0. The minimum atomic E-state index is 0.640. The molecule has 5 heteroatoms. The predicted molar refractivity (Wildman–Crippen MR) is 231 cm³/mol. The van der Waals surface area contributed by atoms with Crippen LogP contribution in [0.3, 0.4) is 0 Å². The van der Waals surface area contributed by atoms with Gasteiger partial charge in [0.25, 0.3) is 0 Å². The van der Waals surface area contributed by atoms with E-state index in [1.54, 1.807) is 0 Å². The molecule has 12 aromatic rings. The lowest BCUT2D eigenvalue weighted by Gasteiger charge is -2.13. The Kier molecular flexibility index (Phi) is 6.56. The van der Waals surface area contributed by atoms with Crippen molar-refractivity contribution in [2.45, 2.75) is 0 Å². The molecule has 0 aliphatic rings. The van der Waals surface area contributed by atoms with E-state index in [1.165, 1.54) is 60.1 Å². The highest BCUT2D eigenvalue weighted by Crippen LogP contribution is 2.44. The Bertz CT molecular complexity index is 3410. The van der Waals surface area contributed by atoms with Gasteiger partial charge in [-0.3, -0.25) is 0 Å². The van der Waals surface area contributed by atoms with Crippen LogP contribution >= 0.6 is 0 Å². The monoisotopic (exact) mass is 713 g/mol. The zero-order valence-electron chi connectivity index (χ0n) is 30.1. The van der Waals surface area contributed by atoms with Crippen LogP contribution in [0.2, 0.25) is 0 Å². The van der Waals surface area contributed by atoms with Crippen LogP contribution in [0.1, 0.15) is 0 Å². The van der Waals surface area contributed by atoms with Crippen LogP contribution in [-0.2, 0) is 0 Å². The molecule has 0 atom stereocenters. The van der Waals surface area contributed by atoms with Crippen molar-refractivity contribution in [2.75, 3.05) is 0 Å². The molecular weight excluding hydrogens is 683 g/mol. The minimum absolute atomic E-state index is 0.640. The number of rotatable bonds is 5. The van der Waals surface area contributed by atoms with Crippen LogP contribution in [0, 0.1) is 0 Å². The zero-order chi connectivity index (χ0) is 36.7. The zero-order valence-corrected chi connectivity index (χ0v) is 30.1. The standard InChI is InChI=1S/C51H31N5/c1-3-15-32(16-4-1)49-52-50(33-17-5-2-6-18-33)54-51(53-49)39-22-8-7-19-35(39)34-29-30-44-41(31-34)37-21-10-11-25-42(37)55(44)45-27-14-28-46-47(45)40-24-13-23-38-36-20-9-12-26-43(36)56(46)48(38)40/h1-31H. The topological polar surface area (TPSA) is 48.0 Å². The Morgan fingerprint density at radius 3 is 1.61 bits per heavy atom. The van der Waals surface area contributed by atoms with Crippen LogP contribution in [0.4, 0.5) is 0 Å². The van der Waals surface area contributed by atoms with Crippen LogP contribution < -0.4 is 0 Å². The normalized spacial score (nSPS) is 11.9. The molecule has 0 radical (unpaired) electrons. The molecule has 5 nitrogen and oxygen atoms in total. The molecule has 0 aliphatic heterocycles. The second-order valence-corrected chi connectivity index (χ2v) is 14.4.